The molecule has 0 radical (unpaired) electrons. The average molecular weight is 426 g/mol. The third kappa shape index (κ3) is 1.77. The summed E-state index contributed by atoms with van der Waals surface area (Å²) < 4.78 is 1.81. The monoisotopic (exact) mass is 426 g/mol. The lowest BCUT2D eigenvalue weighted by Crippen LogP contribution is -1.86. The van der Waals surface area contributed by atoms with Crippen LogP contribution in [0.25, 0.3) is 10.8 Å². The van der Waals surface area contributed by atoms with Gasteiger partial charge in [0.1, 0.15) is 0 Å². The number of halogens is 2. The van der Waals surface area contributed by atoms with Gasteiger partial charge in [0.25, 0.3) is 0 Å². The maximum absolute atomic E-state index is 9.72. The molecule has 0 amide bonds. The Bertz CT molecular complexity index is 550. The van der Waals surface area contributed by atoms with Crippen molar-refractivity contribution in [2.75, 3.05) is 0 Å². The topological polar surface area (TPSA) is 40.5 Å². The van der Waals surface area contributed by atoms with Crippen molar-refractivity contribution in [2.24, 2.45) is 0 Å². The van der Waals surface area contributed by atoms with Crippen LogP contribution in [0, 0.1) is 14.1 Å². The summed E-state index contributed by atoms with van der Waals surface area (Å²) in [5, 5.41) is 21.4. The standard InChI is InChI=1S/C11H8I2O2/c1-5-7-3-2-6(12)4-8(7)9(13)11(15)10(5)14/h2-4,14-15H,1H3. The summed E-state index contributed by atoms with van der Waals surface area (Å²) in [6.45, 7) is 1.81. The van der Waals surface area contributed by atoms with Crippen LogP contribution in [0.1, 0.15) is 5.56 Å². The van der Waals surface area contributed by atoms with E-state index in [1.807, 2.05) is 40.8 Å². The van der Waals surface area contributed by atoms with Crippen LogP contribution in [0.3, 0.4) is 0 Å². The Morgan fingerprint density at radius 3 is 2.33 bits per heavy atom. The second kappa shape index (κ2) is 3.97. The van der Waals surface area contributed by atoms with Crippen molar-refractivity contribution in [1.29, 1.82) is 0 Å². The Kier molecular flexibility index (Phi) is 2.98. The van der Waals surface area contributed by atoms with Crippen molar-refractivity contribution in [1.82, 2.24) is 0 Å². The second-order valence-corrected chi connectivity index (χ2v) is 5.65. The predicted octanol–water partition coefficient (Wildman–Crippen LogP) is 3.77. The summed E-state index contributed by atoms with van der Waals surface area (Å²) in [5.41, 5.74) is 0.722. The predicted molar refractivity (Wildman–Crippen MR) is 77.4 cm³/mol. The van der Waals surface area contributed by atoms with E-state index in [1.165, 1.54) is 0 Å². The first kappa shape index (κ1) is 11.3. The molecule has 2 nitrogen and oxygen atoms in total. The summed E-state index contributed by atoms with van der Waals surface area (Å²) in [6, 6.07) is 5.96. The molecule has 0 heterocycles. The number of hydrogen-bond acceptors (Lipinski definition) is 2. The Hall–Kier alpha value is -0.240. The fourth-order valence-corrected chi connectivity index (χ4v) is 2.75. The highest BCUT2D eigenvalue weighted by molar-refractivity contribution is 14.1. The van der Waals surface area contributed by atoms with Crippen LogP contribution in [0.15, 0.2) is 18.2 Å². The van der Waals surface area contributed by atoms with Crippen molar-refractivity contribution in [3.63, 3.8) is 0 Å². The number of aromatic hydroxyl groups is 2. The zero-order valence-corrected chi connectivity index (χ0v) is 12.2. The summed E-state index contributed by atoms with van der Waals surface area (Å²) in [5.74, 6) is -0.0456. The van der Waals surface area contributed by atoms with E-state index in [-0.39, 0.29) is 11.5 Å². The van der Waals surface area contributed by atoms with E-state index < -0.39 is 0 Å². The zero-order chi connectivity index (χ0) is 11.2. The molecule has 0 aliphatic rings. The van der Waals surface area contributed by atoms with Gasteiger partial charge < -0.3 is 10.2 Å². The smallest absolute Gasteiger partial charge is 0.172 e. The van der Waals surface area contributed by atoms with Gasteiger partial charge in [0.2, 0.25) is 0 Å². The normalized spacial score (nSPS) is 10.9. The second-order valence-electron chi connectivity index (χ2n) is 3.33. The minimum absolute atomic E-state index is 0.0203. The van der Waals surface area contributed by atoms with Gasteiger partial charge in [-0.2, -0.15) is 0 Å². The molecule has 0 aromatic heterocycles. The molecule has 0 atom stereocenters. The first-order chi connectivity index (χ1) is 7.02. The van der Waals surface area contributed by atoms with Gasteiger partial charge in [-0.25, -0.2) is 0 Å². The van der Waals surface area contributed by atoms with Crippen molar-refractivity contribution in [3.05, 3.63) is 30.9 Å². The van der Waals surface area contributed by atoms with Crippen LogP contribution in [-0.2, 0) is 0 Å². The molecule has 0 fully saturated rings. The van der Waals surface area contributed by atoms with Crippen LogP contribution in [0.5, 0.6) is 11.5 Å². The first-order valence-electron chi connectivity index (χ1n) is 4.31. The molecule has 0 saturated carbocycles. The largest absolute Gasteiger partial charge is 0.504 e. The maximum Gasteiger partial charge on any atom is 0.172 e. The van der Waals surface area contributed by atoms with E-state index in [0.29, 0.717) is 3.57 Å². The minimum Gasteiger partial charge on any atom is -0.504 e. The van der Waals surface area contributed by atoms with Crippen LogP contribution in [0.4, 0.5) is 0 Å². The highest BCUT2D eigenvalue weighted by Crippen LogP contribution is 2.40. The van der Waals surface area contributed by atoms with Crippen LogP contribution in [-0.4, -0.2) is 10.2 Å². The molecule has 4 heteroatoms. The van der Waals surface area contributed by atoms with Crippen molar-refractivity contribution in [3.8, 4) is 11.5 Å². The highest BCUT2D eigenvalue weighted by Gasteiger charge is 2.14. The maximum atomic E-state index is 9.72. The van der Waals surface area contributed by atoms with E-state index in [1.54, 1.807) is 6.92 Å². The molecule has 0 aliphatic heterocycles. The molecule has 0 unspecified atom stereocenters. The molecule has 2 N–H and O–H groups in total. The van der Waals surface area contributed by atoms with Gasteiger partial charge in [0.05, 0.1) is 3.57 Å². The molecule has 2 aromatic carbocycles. The number of benzene rings is 2. The lowest BCUT2D eigenvalue weighted by Gasteiger charge is -2.10. The number of aryl methyl sites for hydroxylation is 1. The Morgan fingerprint density at radius 1 is 1.00 bits per heavy atom. The molecule has 0 spiro atoms. The van der Waals surface area contributed by atoms with E-state index in [2.05, 4.69) is 22.6 Å². The summed E-state index contributed by atoms with van der Waals surface area (Å²) >= 11 is 4.28. The number of fused-ring (bicyclic) bond motifs is 1. The molecular weight excluding hydrogens is 418 g/mol. The fourth-order valence-electron chi connectivity index (χ4n) is 1.56. The summed E-state index contributed by atoms with van der Waals surface area (Å²) in [4.78, 5) is 0. The van der Waals surface area contributed by atoms with Gasteiger partial charge in [-0.15, -0.1) is 0 Å². The molecule has 2 aromatic rings. The number of rotatable bonds is 0. The molecule has 78 valence electrons. The van der Waals surface area contributed by atoms with Gasteiger partial charge in [-0.1, -0.05) is 6.07 Å². The van der Waals surface area contributed by atoms with E-state index in [4.69, 9.17) is 0 Å². The molecule has 0 bridgehead atoms. The van der Waals surface area contributed by atoms with Gasteiger partial charge >= 0.3 is 0 Å². The number of phenolic OH excluding ortho intramolecular Hbond substituents is 2. The first-order valence-corrected chi connectivity index (χ1v) is 6.47. The molecule has 2 rings (SSSR count). The van der Waals surface area contributed by atoms with E-state index in [9.17, 15) is 10.2 Å². The molecular formula is C11H8I2O2. The fraction of sp³-hybridized carbons (Fsp3) is 0.0909. The highest BCUT2D eigenvalue weighted by atomic mass is 127. The van der Waals surface area contributed by atoms with Gasteiger partial charge in [-0.05, 0) is 69.6 Å². The van der Waals surface area contributed by atoms with Crippen LogP contribution >= 0.6 is 45.2 Å². The van der Waals surface area contributed by atoms with E-state index >= 15 is 0 Å². The number of phenols is 2. The lowest BCUT2D eigenvalue weighted by molar-refractivity contribution is 0.400. The van der Waals surface area contributed by atoms with Crippen molar-refractivity contribution >= 4 is 56.0 Å². The molecule has 0 saturated heterocycles. The molecule has 15 heavy (non-hydrogen) atoms. The summed E-state index contributed by atoms with van der Waals surface area (Å²) in [6.07, 6.45) is 0. The Morgan fingerprint density at radius 2 is 1.67 bits per heavy atom. The average Bonchev–Trinajstić information content (AvgIpc) is 2.23. The Balaban J connectivity index is 3.00. The van der Waals surface area contributed by atoms with Gasteiger partial charge in [0.15, 0.2) is 11.5 Å². The minimum atomic E-state index is -0.0254. The van der Waals surface area contributed by atoms with Gasteiger partial charge in [0, 0.05) is 14.5 Å². The number of hydrogen-bond donors (Lipinski definition) is 2. The molecule has 0 aliphatic carbocycles. The summed E-state index contributed by atoms with van der Waals surface area (Å²) in [7, 11) is 0. The lowest BCUT2D eigenvalue weighted by atomic mass is 10.0. The SMILES string of the molecule is Cc1c(O)c(O)c(I)c2cc(I)ccc12. The third-order valence-electron chi connectivity index (χ3n) is 2.41. The van der Waals surface area contributed by atoms with Crippen molar-refractivity contribution in [2.45, 2.75) is 6.92 Å². The van der Waals surface area contributed by atoms with Gasteiger partial charge in [-0.3, -0.25) is 0 Å². The zero-order valence-electron chi connectivity index (χ0n) is 7.88. The third-order valence-corrected chi connectivity index (χ3v) is 4.17. The van der Waals surface area contributed by atoms with E-state index in [0.717, 1.165) is 19.9 Å². The van der Waals surface area contributed by atoms with Crippen LogP contribution < -0.4 is 0 Å². The Labute approximate surface area is 115 Å². The van der Waals surface area contributed by atoms with Crippen LogP contribution in [0.2, 0.25) is 0 Å². The quantitative estimate of drug-likeness (QED) is 0.498. The van der Waals surface area contributed by atoms with Crippen molar-refractivity contribution < 1.29 is 10.2 Å².